The summed E-state index contributed by atoms with van der Waals surface area (Å²) in [5.41, 5.74) is 3.60. The zero-order chi connectivity index (χ0) is 21.1. The molecule has 3 aromatic rings. The zero-order valence-corrected chi connectivity index (χ0v) is 19.2. The molecule has 4 nitrogen and oxygen atoms in total. The van der Waals surface area contributed by atoms with Crippen LogP contribution in [0.5, 0.6) is 0 Å². The number of hydrogen-bond donors (Lipinski definition) is 0. The highest BCUT2D eigenvalue weighted by Crippen LogP contribution is 2.30. The normalized spacial score (nSPS) is 16.0. The topological polar surface area (TPSA) is 29.1 Å². The Morgan fingerprint density at radius 3 is 2.67 bits per heavy atom. The van der Waals surface area contributed by atoms with Crippen molar-refractivity contribution in [1.82, 2.24) is 4.57 Å². The van der Waals surface area contributed by atoms with Gasteiger partial charge in [0, 0.05) is 24.5 Å². The molecule has 0 bridgehead atoms. The van der Waals surface area contributed by atoms with Crippen molar-refractivity contribution in [3.05, 3.63) is 83.8 Å². The molecule has 0 fully saturated rings. The summed E-state index contributed by atoms with van der Waals surface area (Å²) in [5, 5.41) is 3.25. The van der Waals surface area contributed by atoms with Crippen molar-refractivity contribution in [3.8, 4) is 0 Å². The lowest BCUT2D eigenvalue weighted by atomic mass is 10.1. The molecule has 6 heteroatoms. The lowest BCUT2D eigenvalue weighted by molar-refractivity contribution is -0.690. The SMILES string of the molecule is CCN1/C(=C\C=c2\s/c(=C\c3scc[n+]3CC)n(CC)c2=O)C=Cc2ccccc21. The van der Waals surface area contributed by atoms with Crippen molar-refractivity contribution in [2.45, 2.75) is 33.9 Å². The smallest absolute Gasteiger partial charge is 0.269 e. The number of aromatic nitrogens is 2. The predicted octanol–water partition coefficient (Wildman–Crippen LogP) is 3.35. The van der Waals surface area contributed by atoms with Crippen molar-refractivity contribution in [2.75, 3.05) is 11.4 Å². The Morgan fingerprint density at radius 2 is 1.90 bits per heavy atom. The fourth-order valence-electron chi connectivity index (χ4n) is 3.69. The van der Waals surface area contributed by atoms with E-state index in [1.807, 2.05) is 17.6 Å². The van der Waals surface area contributed by atoms with Gasteiger partial charge in [-0.25, -0.2) is 0 Å². The maximum absolute atomic E-state index is 13.0. The van der Waals surface area contributed by atoms with Crippen molar-refractivity contribution >= 4 is 46.6 Å². The van der Waals surface area contributed by atoms with Crippen LogP contribution >= 0.6 is 22.7 Å². The molecular weight excluding hydrogens is 410 g/mol. The van der Waals surface area contributed by atoms with Crippen molar-refractivity contribution in [3.63, 3.8) is 0 Å². The second kappa shape index (κ2) is 8.98. The second-order valence-electron chi connectivity index (χ2n) is 6.92. The molecule has 0 spiro atoms. The first-order valence-corrected chi connectivity index (χ1v) is 12.0. The maximum Gasteiger partial charge on any atom is 0.269 e. The number of allylic oxidation sites excluding steroid dienone is 2. The van der Waals surface area contributed by atoms with Crippen LogP contribution in [-0.4, -0.2) is 11.1 Å². The minimum Gasteiger partial charge on any atom is -0.341 e. The van der Waals surface area contributed by atoms with Crippen molar-refractivity contribution in [1.29, 1.82) is 0 Å². The number of thiazole rings is 2. The number of benzene rings is 1. The maximum atomic E-state index is 13.0. The van der Waals surface area contributed by atoms with Crippen LogP contribution in [0.15, 0.2) is 58.5 Å². The Bertz CT molecular complexity index is 1290. The van der Waals surface area contributed by atoms with Crippen LogP contribution in [-0.2, 0) is 13.1 Å². The molecule has 3 heterocycles. The van der Waals surface area contributed by atoms with Gasteiger partial charge in [-0.05, 0) is 50.6 Å². The number of hydrogen-bond acceptors (Lipinski definition) is 4. The van der Waals surface area contributed by atoms with E-state index >= 15 is 0 Å². The number of anilines is 1. The van der Waals surface area contributed by atoms with Gasteiger partial charge in [0.15, 0.2) is 6.20 Å². The van der Waals surface area contributed by atoms with E-state index < -0.39 is 0 Å². The van der Waals surface area contributed by atoms with Gasteiger partial charge in [-0.3, -0.25) is 9.36 Å². The fraction of sp³-hybridized carbons (Fsp3) is 0.250. The minimum atomic E-state index is 0.0773. The number of likely N-dealkylation sites (N-methyl/N-ethyl adjacent to an activating group) is 1. The van der Waals surface area contributed by atoms with E-state index in [-0.39, 0.29) is 5.56 Å². The Hall–Kier alpha value is -2.70. The van der Waals surface area contributed by atoms with E-state index in [0.29, 0.717) is 6.54 Å². The van der Waals surface area contributed by atoms with Gasteiger partial charge in [0.2, 0.25) is 0 Å². The molecule has 0 saturated carbocycles. The lowest BCUT2D eigenvalue weighted by Gasteiger charge is -2.29. The average molecular weight is 437 g/mol. The molecule has 0 aliphatic carbocycles. The fourth-order valence-corrected chi connectivity index (χ4v) is 5.67. The van der Waals surface area contributed by atoms with Crippen LogP contribution in [0.25, 0.3) is 18.2 Å². The molecule has 4 rings (SSSR count). The molecule has 1 aliphatic heterocycles. The van der Waals surface area contributed by atoms with Crippen LogP contribution in [0, 0.1) is 0 Å². The van der Waals surface area contributed by atoms with Crippen LogP contribution < -0.4 is 24.2 Å². The third kappa shape index (κ3) is 3.85. The third-order valence-corrected chi connectivity index (χ3v) is 7.18. The number of rotatable bonds is 5. The van der Waals surface area contributed by atoms with E-state index in [1.54, 1.807) is 22.7 Å². The summed E-state index contributed by atoms with van der Waals surface area (Å²) in [6.07, 6.45) is 12.5. The van der Waals surface area contributed by atoms with E-state index in [9.17, 15) is 4.79 Å². The first-order chi connectivity index (χ1) is 14.7. The van der Waals surface area contributed by atoms with E-state index in [1.165, 1.54) is 11.3 Å². The van der Waals surface area contributed by atoms with E-state index in [0.717, 1.165) is 33.0 Å². The number of aryl methyl sites for hydroxylation is 1. The Kier molecular flexibility index (Phi) is 6.16. The monoisotopic (exact) mass is 436 g/mol. The lowest BCUT2D eigenvalue weighted by Crippen LogP contribution is -2.34. The largest absolute Gasteiger partial charge is 0.341 e. The first-order valence-electron chi connectivity index (χ1n) is 10.3. The third-order valence-electron chi connectivity index (χ3n) is 5.25. The summed E-state index contributed by atoms with van der Waals surface area (Å²) >= 11 is 3.25. The molecule has 30 heavy (non-hydrogen) atoms. The summed E-state index contributed by atoms with van der Waals surface area (Å²) in [5.74, 6) is 0. The summed E-state index contributed by atoms with van der Waals surface area (Å²) in [7, 11) is 0. The molecule has 0 N–H and O–H groups in total. The van der Waals surface area contributed by atoms with Crippen LogP contribution in [0.1, 0.15) is 31.3 Å². The van der Waals surface area contributed by atoms with Crippen LogP contribution in [0.2, 0.25) is 0 Å². The molecule has 0 radical (unpaired) electrons. The number of fused-ring (bicyclic) bond motifs is 1. The molecule has 0 saturated heterocycles. The highest BCUT2D eigenvalue weighted by molar-refractivity contribution is 7.10. The van der Waals surface area contributed by atoms with Gasteiger partial charge in [-0.2, -0.15) is 4.57 Å². The Morgan fingerprint density at radius 1 is 1.07 bits per heavy atom. The number of para-hydroxylation sites is 1. The standard InChI is InChI=1S/C24H26N3OS2/c1-4-25-15-16-29-22(25)17-23-27(6-3)24(28)21(30-23)14-13-19-12-11-18-9-7-8-10-20(18)26(19)5-2/h7-17H,4-6H2,1-3H3/q+1/b19-13-,21-14+. The first kappa shape index (κ1) is 20.6. The molecule has 1 aromatic carbocycles. The highest BCUT2D eigenvalue weighted by atomic mass is 32.1. The summed E-state index contributed by atoms with van der Waals surface area (Å²) in [4.78, 5) is 15.3. The van der Waals surface area contributed by atoms with Gasteiger partial charge < -0.3 is 4.90 Å². The van der Waals surface area contributed by atoms with Gasteiger partial charge >= 0.3 is 0 Å². The second-order valence-corrected chi connectivity index (χ2v) is 8.91. The Balaban J connectivity index is 1.78. The molecule has 154 valence electrons. The van der Waals surface area contributed by atoms with Gasteiger partial charge in [0.05, 0.1) is 16.0 Å². The van der Waals surface area contributed by atoms with Crippen molar-refractivity contribution < 1.29 is 4.57 Å². The van der Waals surface area contributed by atoms with Gasteiger partial charge in [0.25, 0.3) is 10.6 Å². The zero-order valence-electron chi connectivity index (χ0n) is 17.5. The molecular formula is C24H26N3OS2+. The van der Waals surface area contributed by atoms with Crippen LogP contribution in [0.4, 0.5) is 5.69 Å². The minimum absolute atomic E-state index is 0.0773. The number of nitrogens with zero attached hydrogens (tertiary/aromatic N) is 3. The quantitative estimate of drug-likeness (QED) is 0.574. The summed E-state index contributed by atoms with van der Waals surface area (Å²) in [6, 6.07) is 8.40. The summed E-state index contributed by atoms with van der Waals surface area (Å²) < 4.78 is 5.81. The van der Waals surface area contributed by atoms with Crippen LogP contribution in [0.3, 0.4) is 0 Å². The van der Waals surface area contributed by atoms with Gasteiger partial charge in [0.1, 0.15) is 11.2 Å². The molecule has 0 unspecified atom stereocenters. The van der Waals surface area contributed by atoms with Crippen molar-refractivity contribution in [2.24, 2.45) is 0 Å². The van der Waals surface area contributed by atoms with Gasteiger partial charge in [-0.1, -0.05) is 35.6 Å². The summed E-state index contributed by atoms with van der Waals surface area (Å²) in [6.45, 7) is 8.76. The van der Waals surface area contributed by atoms with E-state index in [4.69, 9.17) is 0 Å². The molecule has 1 aliphatic rings. The predicted molar refractivity (Wildman–Crippen MR) is 128 cm³/mol. The molecule has 0 atom stereocenters. The molecule has 0 amide bonds. The average Bonchev–Trinajstić information content (AvgIpc) is 3.35. The Labute approximate surface area is 184 Å². The molecule has 2 aromatic heterocycles. The van der Waals surface area contributed by atoms with Gasteiger partial charge in [-0.15, -0.1) is 11.3 Å². The highest BCUT2D eigenvalue weighted by Gasteiger charge is 2.15. The van der Waals surface area contributed by atoms with E-state index in [2.05, 4.69) is 83.5 Å².